The number of ether oxygens (including phenoxy) is 2. The summed E-state index contributed by atoms with van der Waals surface area (Å²) in [5, 5.41) is 2.70. The number of fused-ring (bicyclic) bond motifs is 2. The van der Waals surface area contributed by atoms with Gasteiger partial charge in [0.15, 0.2) is 23.6 Å². The fraction of sp³-hybridized carbons (Fsp3) is 0.286. The quantitative estimate of drug-likeness (QED) is 0.746. The average Bonchev–Trinajstić information content (AvgIpc) is 3.15. The van der Waals surface area contributed by atoms with Crippen molar-refractivity contribution < 1.29 is 14.3 Å². The topological polar surface area (TPSA) is 106 Å². The number of aromatic nitrogens is 2. The molecule has 8 heteroatoms. The van der Waals surface area contributed by atoms with Crippen molar-refractivity contribution in [3.05, 3.63) is 35.8 Å². The standard InChI is InChI=1S/C14H15N5O3/c15-14-18-13(20)11-12(17-6-16-11)19(14)4-3-8-1-2-9-10(5-8)22-7-21-9/h1-2,5-6,14H,3-4,7,15H2,(H,16,17)(H,18,20). The molecule has 1 atom stereocenters. The van der Waals surface area contributed by atoms with Gasteiger partial charge in [-0.3, -0.25) is 10.5 Å². The smallest absolute Gasteiger partial charge is 0.274 e. The Morgan fingerprint density at radius 2 is 2.23 bits per heavy atom. The number of hydrogen-bond donors (Lipinski definition) is 3. The fourth-order valence-corrected chi connectivity index (χ4v) is 2.68. The Kier molecular flexibility index (Phi) is 2.90. The first kappa shape index (κ1) is 13.0. The van der Waals surface area contributed by atoms with Crippen molar-refractivity contribution in [2.75, 3.05) is 18.2 Å². The van der Waals surface area contributed by atoms with Crippen molar-refractivity contribution in [3.63, 3.8) is 0 Å². The van der Waals surface area contributed by atoms with E-state index in [2.05, 4.69) is 15.3 Å². The van der Waals surface area contributed by atoms with Gasteiger partial charge < -0.3 is 24.7 Å². The lowest BCUT2D eigenvalue weighted by atomic mass is 10.1. The molecule has 114 valence electrons. The van der Waals surface area contributed by atoms with Crippen LogP contribution in [0.5, 0.6) is 11.5 Å². The Labute approximate surface area is 126 Å². The number of nitrogens with zero attached hydrogens (tertiary/aromatic N) is 2. The highest BCUT2D eigenvalue weighted by molar-refractivity contribution is 5.99. The van der Waals surface area contributed by atoms with Gasteiger partial charge in [-0.2, -0.15) is 0 Å². The Balaban J connectivity index is 1.52. The van der Waals surface area contributed by atoms with Crippen LogP contribution in [0.4, 0.5) is 5.82 Å². The summed E-state index contributed by atoms with van der Waals surface area (Å²) in [7, 11) is 0. The first-order chi connectivity index (χ1) is 10.7. The third-order valence-electron chi connectivity index (χ3n) is 3.81. The Morgan fingerprint density at radius 3 is 3.14 bits per heavy atom. The summed E-state index contributed by atoms with van der Waals surface area (Å²) in [5.74, 6) is 1.87. The number of H-pyrrole nitrogens is 1. The molecule has 0 fully saturated rings. The van der Waals surface area contributed by atoms with Gasteiger partial charge in [-0.05, 0) is 24.1 Å². The highest BCUT2D eigenvalue weighted by Gasteiger charge is 2.30. The SMILES string of the molecule is NC1NC(=O)c2[nH]cnc2N1CCc1ccc2c(c1)OCO2. The van der Waals surface area contributed by atoms with E-state index < -0.39 is 6.29 Å². The van der Waals surface area contributed by atoms with E-state index in [0.717, 1.165) is 23.5 Å². The van der Waals surface area contributed by atoms with E-state index in [1.54, 1.807) is 0 Å². The zero-order chi connectivity index (χ0) is 15.1. The van der Waals surface area contributed by atoms with Gasteiger partial charge in [-0.1, -0.05) is 6.07 Å². The number of amides is 1. The summed E-state index contributed by atoms with van der Waals surface area (Å²) < 4.78 is 10.7. The normalized spacial score (nSPS) is 19.0. The fourth-order valence-electron chi connectivity index (χ4n) is 2.68. The number of nitrogens with one attached hydrogen (secondary N) is 2. The van der Waals surface area contributed by atoms with Crippen LogP contribution >= 0.6 is 0 Å². The van der Waals surface area contributed by atoms with E-state index in [1.807, 2.05) is 23.1 Å². The van der Waals surface area contributed by atoms with Crippen LogP contribution in [0.25, 0.3) is 0 Å². The molecule has 8 nitrogen and oxygen atoms in total. The minimum Gasteiger partial charge on any atom is -0.454 e. The van der Waals surface area contributed by atoms with E-state index in [4.69, 9.17) is 15.2 Å². The second-order valence-corrected chi connectivity index (χ2v) is 5.15. The highest BCUT2D eigenvalue weighted by Crippen LogP contribution is 2.32. The zero-order valence-electron chi connectivity index (χ0n) is 11.7. The van der Waals surface area contributed by atoms with Gasteiger partial charge in [0.1, 0.15) is 5.69 Å². The average molecular weight is 301 g/mol. The van der Waals surface area contributed by atoms with Crippen molar-refractivity contribution in [1.82, 2.24) is 15.3 Å². The molecule has 22 heavy (non-hydrogen) atoms. The number of anilines is 1. The number of carbonyl (C=O) groups excluding carboxylic acids is 1. The van der Waals surface area contributed by atoms with Crippen LogP contribution < -0.4 is 25.4 Å². The molecule has 2 aromatic rings. The second kappa shape index (κ2) is 4.92. The Bertz CT molecular complexity index is 729. The molecular weight excluding hydrogens is 286 g/mol. The third kappa shape index (κ3) is 2.04. The summed E-state index contributed by atoms with van der Waals surface area (Å²) >= 11 is 0. The van der Waals surface area contributed by atoms with Gasteiger partial charge in [0.25, 0.3) is 5.91 Å². The number of nitrogens with two attached hydrogens (primary N) is 1. The first-order valence-electron chi connectivity index (χ1n) is 6.97. The summed E-state index contributed by atoms with van der Waals surface area (Å²) in [4.78, 5) is 20.7. The molecular formula is C14H15N5O3. The number of imidazole rings is 1. The predicted octanol–water partition coefficient (Wildman–Crippen LogP) is 0.173. The molecule has 1 amide bonds. The van der Waals surface area contributed by atoms with Gasteiger partial charge in [0.05, 0.1) is 6.33 Å². The Hall–Kier alpha value is -2.74. The van der Waals surface area contributed by atoms with E-state index in [-0.39, 0.29) is 12.7 Å². The maximum atomic E-state index is 11.8. The van der Waals surface area contributed by atoms with Crippen molar-refractivity contribution in [2.24, 2.45) is 5.73 Å². The maximum absolute atomic E-state index is 11.8. The van der Waals surface area contributed by atoms with Crippen LogP contribution in [0.2, 0.25) is 0 Å². The predicted molar refractivity (Wildman–Crippen MR) is 77.6 cm³/mol. The lowest BCUT2D eigenvalue weighted by Gasteiger charge is -2.33. The number of carbonyl (C=O) groups is 1. The number of benzene rings is 1. The van der Waals surface area contributed by atoms with Crippen molar-refractivity contribution in [2.45, 2.75) is 12.7 Å². The molecule has 0 bridgehead atoms. The molecule has 1 unspecified atom stereocenters. The van der Waals surface area contributed by atoms with Crippen LogP contribution in [-0.2, 0) is 6.42 Å². The molecule has 0 spiro atoms. The molecule has 1 aromatic carbocycles. The van der Waals surface area contributed by atoms with Gasteiger partial charge in [0.2, 0.25) is 6.79 Å². The molecule has 2 aliphatic rings. The maximum Gasteiger partial charge on any atom is 0.274 e. The minimum absolute atomic E-state index is 0.237. The van der Waals surface area contributed by atoms with Crippen LogP contribution in [0.15, 0.2) is 24.5 Å². The molecule has 4 rings (SSSR count). The largest absolute Gasteiger partial charge is 0.454 e. The zero-order valence-corrected chi connectivity index (χ0v) is 11.7. The van der Waals surface area contributed by atoms with E-state index in [1.165, 1.54) is 6.33 Å². The van der Waals surface area contributed by atoms with Gasteiger partial charge in [-0.25, -0.2) is 4.98 Å². The summed E-state index contributed by atoms with van der Waals surface area (Å²) in [6.07, 6.45) is 1.65. The lowest BCUT2D eigenvalue weighted by molar-refractivity contribution is 0.0923. The Morgan fingerprint density at radius 1 is 1.36 bits per heavy atom. The molecule has 0 saturated carbocycles. The molecule has 2 aliphatic heterocycles. The van der Waals surface area contributed by atoms with Crippen LogP contribution in [0.3, 0.4) is 0 Å². The van der Waals surface area contributed by atoms with Gasteiger partial charge in [0, 0.05) is 6.54 Å². The number of hydrogen-bond acceptors (Lipinski definition) is 6. The molecule has 4 N–H and O–H groups in total. The lowest BCUT2D eigenvalue weighted by Crippen LogP contribution is -2.58. The van der Waals surface area contributed by atoms with Gasteiger partial charge in [-0.15, -0.1) is 0 Å². The highest BCUT2D eigenvalue weighted by atomic mass is 16.7. The minimum atomic E-state index is -0.586. The van der Waals surface area contributed by atoms with Gasteiger partial charge >= 0.3 is 0 Å². The summed E-state index contributed by atoms with van der Waals surface area (Å²) in [6.45, 7) is 0.886. The molecule has 0 radical (unpaired) electrons. The summed E-state index contributed by atoms with van der Waals surface area (Å²) in [6, 6.07) is 5.85. The van der Waals surface area contributed by atoms with E-state index >= 15 is 0 Å². The molecule has 0 aliphatic carbocycles. The monoisotopic (exact) mass is 301 g/mol. The molecule has 0 saturated heterocycles. The van der Waals surface area contributed by atoms with Crippen LogP contribution in [0.1, 0.15) is 16.1 Å². The van der Waals surface area contributed by atoms with Crippen molar-refractivity contribution >= 4 is 11.7 Å². The summed E-state index contributed by atoms with van der Waals surface area (Å²) in [5.41, 5.74) is 7.53. The van der Waals surface area contributed by atoms with Crippen LogP contribution in [0, 0.1) is 0 Å². The second-order valence-electron chi connectivity index (χ2n) is 5.15. The number of aromatic amines is 1. The van der Waals surface area contributed by atoms with Crippen molar-refractivity contribution in [3.8, 4) is 11.5 Å². The molecule has 1 aromatic heterocycles. The number of rotatable bonds is 3. The van der Waals surface area contributed by atoms with E-state index in [9.17, 15) is 4.79 Å². The van der Waals surface area contributed by atoms with E-state index in [0.29, 0.717) is 18.1 Å². The van der Waals surface area contributed by atoms with Crippen molar-refractivity contribution in [1.29, 1.82) is 0 Å². The molecule has 3 heterocycles. The first-order valence-corrected chi connectivity index (χ1v) is 6.97. The van der Waals surface area contributed by atoms with Crippen LogP contribution in [-0.4, -0.2) is 35.5 Å². The third-order valence-corrected chi connectivity index (χ3v) is 3.81.